The molecule has 5 nitrogen and oxygen atoms in total. The molecule has 0 aliphatic rings. The number of amides is 2. The van der Waals surface area contributed by atoms with E-state index in [1.807, 2.05) is 91.9 Å². The fourth-order valence-electron chi connectivity index (χ4n) is 3.27. The van der Waals surface area contributed by atoms with Gasteiger partial charge in [-0.25, -0.2) is 0 Å². The third kappa shape index (κ3) is 5.70. The highest BCUT2D eigenvalue weighted by Gasteiger charge is 2.20. The Balaban J connectivity index is 1.56. The van der Waals surface area contributed by atoms with Crippen LogP contribution in [0.1, 0.15) is 31.2 Å². The first-order valence-electron chi connectivity index (χ1n) is 10.1. The molecule has 0 heterocycles. The molecule has 0 aliphatic carbocycles. The van der Waals surface area contributed by atoms with Gasteiger partial charge in [0.1, 0.15) is 5.75 Å². The van der Waals surface area contributed by atoms with Crippen molar-refractivity contribution in [3.8, 4) is 16.9 Å². The smallest absolute Gasteiger partial charge is 0.276 e. The van der Waals surface area contributed by atoms with Crippen molar-refractivity contribution in [3.63, 3.8) is 0 Å². The molecule has 0 saturated carbocycles. The van der Waals surface area contributed by atoms with E-state index in [0.717, 1.165) is 23.1 Å². The second-order valence-corrected chi connectivity index (χ2v) is 6.94. The molecule has 3 aromatic rings. The lowest BCUT2D eigenvalue weighted by atomic mass is 9.94. The van der Waals surface area contributed by atoms with E-state index in [9.17, 15) is 9.59 Å². The van der Waals surface area contributed by atoms with Crippen LogP contribution in [-0.2, 0) is 9.59 Å². The van der Waals surface area contributed by atoms with Gasteiger partial charge in [0, 0.05) is 5.56 Å². The summed E-state index contributed by atoms with van der Waals surface area (Å²) in [7, 11) is 0. The van der Waals surface area contributed by atoms with Crippen LogP contribution < -0.4 is 15.6 Å². The Morgan fingerprint density at radius 3 is 2.17 bits per heavy atom. The highest BCUT2D eigenvalue weighted by Crippen LogP contribution is 2.29. The maximum atomic E-state index is 12.6. The van der Waals surface area contributed by atoms with Crippen LogP contribution in [0.2, 0.25) is 0 Å². The second kappa shape index (κ2) is 10.8. The third-order valence-corrected chi connectivity index (χ3v) is 4.75. The van der Waals surface area contributed by atoms with Crippen LogP contribution in [0.15, 0.2) is 84.9 Å². The largest absolute Gasteiger partial charge is 0.483 e. The highest BCUT2D eigenvalue weighted by atomic mass is 16.5. The van der Waals surface area contributed by atoms with Gasteiger partial charge in [0.15, 0.2) is 6.61 Å². The lowest BCUT2D eigenvalue weighted by Gasteiger charge is -2.17. The third-order valence-electron chi connectivity index (χ3n) is 4.75. The SMILES string of the molecule is CCC[C@@H](C(=O)NNC(=O)COc1ccccc1-c1ccccc1)c1ccccc1. The van der Waals surface area contributed by atoms with E-state index in [1.165, 1.54) is 0 Å². The summed E-state index contributed by atoms with van der Waals surface area (Å²) in [5, 5.41) is 0. The van der Waals surface area contributed by atoms with Crippen LogP contribution in [0, 0.1) is 0 Å². The van der Waals surface area contributed by atoms with E-state index in [0.29, 0.717) is 12.2 Å². The van der Waals surface area contributed by atoms with Gasteiger partial charge < -0.3 is 4.74 Å². The quantitative estimate of drug-likeness (QED) is 0.547. The lowest BCUT2D eigenvalue weighted by molar-refractivity contribution is -0.130. The Morgan fingerprint density at radius 1 is 0.833 bits per heavy atom. The normalized spacial score (nSPS) is 11.4. The number of carbonyl (C=O) groups excluding carboxylic acids is 2. The Kier molecular flexibility index (Phi) is 7.61. The van der Waals surface area contributed by atoms with Gasteiger partial charge in [0.05, 0.1) is 5.92 Å². The minimum absolute atomic E-state index is 0.200. The molecule has 30 heavy (non-hydrogen) atoms. The first-order valence-corrected chi connectivity index (χ1v) is 10.1. The lowest BCUT2D eigenvalue weighted by Crippen LogP contribution is -2.45. The summed E-state index contributed by atoms with van der Waals surface area (Å²) in [6.07, 6.45) is 1.56. The number of hydrogen-bond donors (Lipinski definition) is 2. The number of ether oxygens (including phenoxy) is 1. The van der Waals surface area contributed by atoms with E-state index in [4.69, 9.17) is 4.74 Å². The van der Waals surface area contributed by atoms with E-state index < -0.39 is 5.91 Å². The summed E-state index contributed by atoms with van der Waals surface area (Å²) in [4.78, 5) is 24.8. The average molecular weight is 402 g/mol. The zero-order valence-corrected chi connectivity index (χ0v) is 17.0. The van der Waals surface area contributed by atoms with Crippen molar-refractivity contribution in [1.29, 1.82) is 0 Å². The zero-order chi connectivity index (χ0) is 21.2. The molecule has 0 radical (unpaired) electrons. The molecule has 0 aromatic heterocycles. The molecule has 5 heteroatoms. The molecule has 3 aromatic carbocycles. The van der Waals surface area contributed by atoms with Crippen molar-refractivity contribution in [2.75, 3.05) is 6.61 Å². The van der Waals surface area contributed by atoms with E-state index in [2.05, 4.69) is 10.9 Å². The van der Waals surface area contributed by atoms with Crippen molar-refractivity contribution in [3.05, 3.63) is 90.5 Å². The van der Waals surface area contributed by atoms with E-state index in [-0.39, 0.29) is 18.4 Å². The number of hydrogen-bond acceptors (Lipinski definition) is 3. The number of benzene rings is 3. The van der Waals surface area contributed by atoms with Gasteiger partial charge in [0.25, 0.3) is 5.91 Å². The summed E-state index contributed by atoms with van der Waals surface area (Å²) in [5.74, 6) is -0.356. The Bertz CT molecular complexity index is 958. The van der Waals surface area contributed by atoms with Crippen molar-refractivity contribution < 1.29 is 14.3 Å². The van der Waals surface area contributed by atoms with Gasteiger partial charge in [-0.05, 0) is 23.6 Å². The van der Waals surface area contributed by atoms with Crippen molar-refractivity contribution in [2.24, 2.45) is 0 Å². The van der Waals surface area contributed by atoms with Gasteiger partial charge in [0.2, 0.25) is 5.91 Å². The minimum atomic E-state index is -0.422. The van der Waals surface area contributed by atoms with Crippen molar-refractivity contribution >= 4 is 11.8 Å². The number of hydrazine groups is 1. The summed E-state index contributed by atoms with van der Waals surface area (Å²) in [6, 6.07) is 26.9. The Hall–Kier alpha value is -3.60. The zero-order valence-electron chi connectivity index (χ0n) is 17.0. The first-order chi connectivity index (χ1) is 14.7. The van der Waals surface area contributed by atoms with Gasteiger partial charge in [-0.2, -0.15) is 0 Å². The fourth-order valence-corrected chi connectivity index (χ4v) is 3.27. The molecule has 2 amide bonds. The summed E-state index contributed by atoms with van der Waals surface area (Å²) < 4.78 is 5.71. The monoisotopic (exact) mass is 402 g/mol. The molecule has 0 saturated heterocycles. The van der Waals surface area contributed by atoms with E-state index in [1.54, 1.807) is 0 Å². The molecule has 2 N–H and O–H groups in total. The molecule has 0 aliphatic heterocycles. The fraction of sp³-hybridized carbons (Fsp3) is 0.200. The number of nitrogens with one attached hydrogen (secondary N) is 2. The van der Waals surface area contributed by atoms with Gasteiger partial charge in [-0.15, -0.1) is 0 Å². The maximum Gasteiger partial charge on any atom is 0.276 e. The Labute approximate surface area is 177 Å². The summed E-state index contributed by atoms with van der Waals surface area (Å²) in [5.41, 5.74) is 7.83. The molecule has 0 unspecified atom stereocenters. The molecule has 0 spiro atoms. The van der Waals surface area contributed by atoms with Crippen molar-refractivity contribution in [1.82, 2.24) is 10.9 Å². The van der Waals surface area contributed by atoms with Gasteiger partial charge in [-0.1, -0.05) is 92.2 Å². The number of rotatable bonds is 8. The summed E-state index contributed by atoms with van der Waals surface area (Å²) >= 11 is 0. The predicted molar refractivity (Wildman–Crippen MR) is 118 cm³/mol. The van der Waals surface area contributed by atoms with Crippen LogP contribution >= 0.6 is 0 Å². The molecular formula is C25H26N2O3. The molecule has 154 valence electrons. The molecule has 0 fully saturated rings. The highest BCUT2D eigenvalue weighted by molar-refractivity contribution is 5.87. The average Bonchev–Trinajstić information content (AvgIpc) is 2.81. The first kappa shape index (κ1) is 21.1. The molecule has 3 rings (SSSR count). The van der Waals surface area contributed by atoms with E-state index >= 15 is 0 Å². The van der Waals surface area contributed by atoms with Crippen LogP contribution in [0.3, 0.4) is 0 Å². The molecular weight excluding hydrogens is 376 g/mol. The Morgan fingerprint density at radius 2 is 1.47 bits per heavy atom. The van der Waals surface area contributed by atoms with Crippen LogP contribution in [-0.4, -0.2) is 18.4 Å². The topological polar surface area (TPSA) is 67.4 Å². The van der Waals surface area contributed by atoms with Gasteiger partial charge in [-0.3, -0.25) is 20.4 Å². The number of para-hydroxylation sites is 1. The van der Waals surface area contributed by atoms with Crippen LogP contribution in [0.5, 0.6) is 5.75 Å². The minimum Gasteiger partial charge on any atom is -0.483 e. The number of carbonyl (C=O) groups is 2. The van der Waals surface area contributed by atoms with Crippen LogP contribution in [0.4, 0.5) is 0 Å². The summed E-state index contributed by atoms with van der Waals surface area (Å²) in [6.45, 7) is 1.83. The maximum absolute atomic E-state index is 12.6. The van der Waals surface area contributed by atoms with Gasteiger partial charge >= 0.3 is 0 Å². The van der Waals surface area contributed by atoms with Crippen molar-refractivity contribution in [2.45, 2.75) is 25.7 Å². The van der Waals surface area contributed by atoms with Crippen LogP contribution in [0.25, 0.3) is 11.1 Å². The molecule has 0 bridgehead atoms. The molecule has 1 atom stereocenters. The predicted octanol–water partition coefficient (Wildman–Crippen LogP) is 4.46. The standard InChI is InChI=1S/C25H26N2O3/c1-2-11-22(20-14-7-4-8-15-20)25(29)27-26-24(28)18-30-23-17-10-9-16-21(23)19-12-5-3-6-13-19/h3-10,12-17,22H,2,11,18H2,1H3,(H,26,28)(H,27,29)/t22-/m1/s1. The second-order valence-electron chi connectivity index (χ2n) is 6.94.